The number of carbonyl (C=O) groups is 2. The topological polar surface area (TPSA) is 101 Å². The second-order valence-corrected chi connectivity index (χ2v) is 9.56. The smallest absolute Gasteiger partial charge is 0.321 e. The van der Waals surface area contributed by atoms with Crippen LogP contribution >= 0.6 is 11.3 Å². The number of aromatic nitrogens is 1. The Morgan fingerprint density at radius 1 is 1.05 bits per heavy atom. The third-order valence-corrected chi connectivity index (χ3v) is 7.26. The molecule has 40 heavy (non-hydrogen) atoms. The Morgan fingerprint density at radius 2 is 1.73 bits per heavy atom. The number of amides is 3. The number of rotatable bonds is 8. The number of ether oxygens (including phenoxy) is 1. The Kier molecular flexibility index (Phi) is 14.5. The van der Waals surface area contributed by atoms with Gasteiger partial charge in [-0.2, -0.15) is 0 Å². The molecule has 0 atom stereocenters. The van der Waals surface area contributed by atoms with Crippen LogP contribution < -0.4 is 15.8 Å². The second kappa shape index (κ2) is 17.8. The van der Waals surface area contributed by atoms with Gasteiger partial charge in [-0.15, -0.1) is 11.3 Å². The zero-order valence-corrected chi connectivity index (χ0v) is 25.2. The standard InChI is InChI=1S/C28H32N4O3S.C2H6.CH5N/c1-3-5-6-7-8-17-35-24-11-9-23(10-12-24)30-28(34)32-15-13-31(14-16-32)27(33)25-18-22-20-29-19-21(4-2)26(22)36-25;2*1-2/h3,5-7,9-12,18-20H,4,8,13-17H2,1-2H3,(H,30,34);1-2H3;2H2,1H3/b5-3-,7-6-;;. The number of nitrogens with one attached hydrogen (secondary N) is 1. The summed E-state index contributed by atoms with van der Waals surface area (Å²) >= 11 is 1.53. The number of nitrogens with two attached hydrogens (primary N) is 1. The van der Waals surface area contributed by atoms with Crippen molar-refractivity contribution in [2.45, 2.75) is 40.5 Å². The van der Waals surface area contributed by atoms with Crippen LogP contribution in [-0.4, -0.2) is 66.6 Å². The lowest BCUT2D eigenvalue weighted by atomic mass is 10.2. The Morgan fingerprint density at radius 3 is 2.38 bits per heavy atom. The van der Waals surface area contributed by atoms with Crippen molar-refractivity contribution in [3.05, 3.63) is 77.5 Å². The summed E-state index contributed by atoms with van der Waals surface area (Å²) in [7, 11) is 1.50. The summed E-state index contributed by atoms with van der Waals surface area (Å²) in [6, 6.07) is 9.15. The molecule has 1 aliphatic rings. The summed E-state index contributed by atoms with van der Waals surface area (Å²) in [5.41, 5.74) is 6.37. The van der Waals surface area contributed by atoms with Crippen LogP contribution in [-0.2, 0) is 6.42 Å². The van der Waals surface area contributed by atoms with Crippen molar-refractivity contribution in [2.75, 3.05) is 45.2 Å². The SMILES string of the molecule is C/C=C\C=C/CCOc1ccc(NC(=O)N2CCN(C(=O)c3cc4cncc(CC)c4s3)CC2)cc1.CC.CN. The number of fused-ring (bicyclic) bond motifs is 1. The number of hydrogen-bond acceptors (Lipinski definition) is 6. The lowest BCUT2D eigenvalue weighted by Gasteiger charge is -2.34. The van der Waals surface area contributed by atoms with Crippen molar-refractivity contribution in [2.24, 2.45) is 5.73 Å². The molecule has 1 aromatic carbocycles. The number of aryl methyl sites for hydroxylation is 1. The van der Waals surface area contributed by atoms with Gasteiger partial charge in [0, 0.05) is 54.3 Å². The molecule has 0 saturated carbocycles. The fourth-order valence-corrected chi connectivity index (χ4v) is 5.19. The van der Waals surface area contributed by atoms with Crippen molar-refractivity contribution < 1.29 is 14.3 Å². The van der Waals surface area contributed by atoms with Crippen LogP contribution in [0.5, 0.6) is 5.75 Å². The maximum atomic E-state index is 13.1. The molecule has 0 unspecified atom stereocenters. The fourth-order valence-electron chi connectivity index (χ4n) is 4.01. The number of nitrogens with zero attached hydrogens (tertiary/aromatic N) is 3. The molecule has 0 aliphatic carbocycles. The minimum absolute atomic E-state index is 0.0196. The molecule has 1 aliphatic heterocycles. The van der Waals surface area contributed by atoms with Gasteiger partial charge in [0.25, 0.3) is 5.91 Å². The Bertz CT molecular complexity index is 1250. The number of benzene rings is 1. The molecule has 0 spiro atoms. The van der Waals surface area contributed by atoms with E-state index in [0.29, 0.717) is 38.5 Å². The molecular weight excluding hydrogens is 522 g/mol. The van der Waals surface area contributed by atoms with Crippen molar-refractivity contribution in [3.8, 4) is 5.75 Å². The van der Waals surface area contributed by atoms with Gasteiger partial charge in [0.1, 0.15) is 5.75 Å². The van der Waals surface area contributed by atoms with Gasteiger partial charge in [-0.05, 0) is 62.7 Å². The molecular formula is C31H43N5O3S. The van der Waals surface area contributed by atoms with Gasteiger partial charge in [0.05, 0.1) is 11.5 Å². The van der Waals surface area contributed by atoms with E-state index in [2.05, 4.69) is 29.0 Å². The van der Waals surface area contributed by atoms with Gasteiger partial charge in [-0.1, -0.05) is 45.1 Å². The first-order valence-corrected chi connectivity index (χ1v) is 14.7. The zero-order valence-electron chi connectivity index (χ0n) is 24.4. The highest BCUT2D eigenvalue weighted by Gasteiger charge is 2.26. The molecule has 0 bridgehead atoms. The lowest BCUT2D eigenvalue weighted by molar-refractivity contribution is 0.0676. The van der Waals surface area contributed by atoms with Gasteiger partial charge in [0.2, 0.25) is 0 Å². The van der Waals surface area contributed by atoms with Gasteiger partial charge in [-0.3, -0.25) is 9.78 Å². The highest BCUT2D eigenvalue weighted by atomic mass is 32.1. The summed E-state index contributed by atoms with van der Waals surface area (Å²) in [5.74, 6) is 0.786. The van der Waals surface area contributed by atoms with Gasteiger partial charge >= 0.3 is 6.03 Å². The van der Waals surface area contributed by atoms with E-state index in [-0.39, 0.29) is 11.9 Å². The molecule has 3 N–H and O–H groups in total. The molecule has 9 heteroatoms. The molecule has 216 valence electrons. The number of urea groups is 1. The maximum Gasteiger partial charge on any atom is 0.321 e. The molecule has 1 saturated heterocycles. The van der Waals surface area contributed by atoms with E-state index >= 15 is 0 Å². The predicted molar refractivity (Wildman–Crippen MR) is 167 cm³/mol. The Hall–Kier alpha value is -3.69. The number of allylic oxidation sites excluding steroid dienone is 3. The van der Waals surface area contributed by atoms with Crippen molar-refractivity contribution >= 4 is 39.0 Å². The van der Waals surface area contributed by atoms with Crippen LogP contribution in [0.3, 0.4) is 0 Å². The van der Waals surface area contributed by atoms with Gasteiger partial charge < -0.3 is 25.6 Å². The van der Waals surface area contributed by atoms with E-state index in [9.17, 15) is 9.59 Å². The Balaban J connectivity index is 0.00000134. The van der Waals surface area contributed by atoms with E-state index < -0.39 is 0 Å². The first-order chi connectivity index (χ1) is 19.6. The summed E-state index contributed by atoms with van der Waals surface area (Å²) in [6.07, 6.45) is 13.4. The molecule has 8 nitrogen and oxygen atoms in total. The average molecular weight is 566 g/mol. The van der Waals surface area contributed by atoms with Crippen molar-refractivity contribution in [3.63, 3.8) is 0 Å². The largest absolute Gasteiger partial charge is 0.493 e. The molecule has 2 aromatic heterocycles. The number of thiophene rings is 1. The van der Waals surface area contributed by atoms with Crippen LogP contribution in [0.2, 0.25) is 0 Å². The number of anilines is 1. The first-order valence-electron chi connectivity index (χ1n) is 13.9. The van der Waals surface area contributed by atoms with Crippen LogP contribution in [0.1, 0.15) is 49.4 Å². The van der Waals surface area contributed by atoms with E-state index in [1.165, 1.54) is 18.4 Å². The summed E-state index contributed by atoms with van der Waals surface area (Å²) < 4.78 is 6.86. The predicted octanol–water partition coefficient (Wildman–Crippen LogP) is 6.35. The zero-order chi connectivity index (χ0) is 29.3. The van der Waals surface area contributed by atoms with Crippen molar-refractivity contribution in [1.82, 2.24) is 14.8 Å². The van der Waals surface area contributed by atoms with Crippen molar-refractivity contribution in [1.29, 1.82) is 0 Å². The third-order valence-electron chi connectivity index (χ3n) is 6.04. The molecule has 3 amide bonds. The molecule has 0 radical (unpaired) electrons. The minimum atomic E-state index is -0.162. The maximum absolute atomic E-state index is 13.1. The summed E-state index contributed by atoms with van der Waals surface area (Å²) in [5, 5.41) is 3.95. The molecule has 3 heterocycles. The molecule has 4 rings (SSSR count). The molecule has 1 fully saturated rings. The third kappa shape index (κ3) is 9.20. The number of carbonyl (C=O) groups excluding carboxylic acids is 2. The van der Waals surface area contributed by atoms with E-state index in [4.69, 9.17) is 4.74 Å². The van der Waals surface area contributed by atoms with Crippen LogP contribution in [0.4, 0.5) is 10.5 Å². The first kappa shape index (κ1) is 32.5. The monoisotopic (exact) mass is 565 g/mol. The number of hydrogen-bond donors (Lipinski definition) is 2. The number of piperazine rings is 1. The van der Waals surface area contributed by atoms with Crippen LogP contribution in [0.25, 0.3) is 10.1 Å². The Labute approximate surface area is 242 Å². The highest BCUT2D eigenvalue weighted by molar-refractivity contribution is 7.21. The average Bonchev–Trinajstić information content (AvgIpc) is 3.46. The second-order valence-electron chi connectivity index (χ2n) is 8.51. The lowest BCUT2D eigenvalue weighted by Crippen LogP contribution is -2.51. The normalized spacial score (nSPS) is 13.1. The van der Waals surface area contributed by atoms with Crippen LogP contribution in [0, 0.1) is 0 Å². The number of pyridine rings is 1. The van der Waals surface area contributed by atoms with Gasteiger partial charge in [-0.25, -0.2) is 4.79 Å². The van der Waals surface area contributed by atoms with E-state index in [0.717, 1.165) is 39.1 Å². The quantitative estimate of drug-likeness (QED) is 0.245. The highest BCUT2D eigenvalue weighted by Crippen LogP contribution is 2.29. The fraction of sp³-hybridized carbons (Fsp3) is 0.387. The van der Waals surface area contributed by atoms with E-state index in [1.807, 2.05) is 86.6 Å². The van der Waals surface area contributed by atoms with Gasteiger partial charge in [0.15, 0.2) is 0 Å². The van der Waals surface area contributed by atoms with E-state index in [1.54, 1.807) is 4.90 Å². The summed E-state index contributed by atoms with van der Waals surface area (Å²) in [6.45, 7) is 10.7. The van der Waals surface area contributed by atoms with Crippen LogP contribution in [0.15, 0.2) is 67.0 Å². The molecule has 3 aromatic rings. The summed E-state index contributed by atoms with van der Waals surface area (Å²) in [4.78, 5) is 34.4. The minimum Gasteiger partial charge on any atom is -0.493 e.